The van der Waals surface area contributed by atoms with Crippen LogP contribution in [0.5, 0.6) is 0 Å². The van der Waals surface area contributed by atoms with Crippen LogP contribution in [0.3, 0.4) is 0 Å². The summed E-state index contributed by atoms with van der Waals surface area (Å²) in [5.74, 6) is -0.453. The number of nitrogens with zero attached hydrogens (tertiary/aromatic N) is 1. The molecule has 0 fully saturated rings. The van der Waals surface area contributed by atoms with Crippen molar-refractivity contribution in [2.75, 3.05) is 19.4 Å². The third-order valence-corrected chi connectivity index (χ3v) is 5.01. The molecule has 0 aliphatic carbocycles. The Labute approximate surface area is 130 Å². The van der Waals surface area contributed by atoms with E-state index in [1.807, 2.05) is 0 Å². The lowest BCUT2D eigenvalue weighted by molar-refractivity contribution is 0.102. The molecule has 21 heavy (non-hydrogen) atoms. The van der Waals surface area contributed by atoms with Gasteiger partial charge in [-0.05, 0) is 28.1 Å². The molecule has 0 saturated heterocycles. The molecule has 0 atom stereocenters. The number of hydrogen-bond acceptors (Lipinski definition) is 4. The number of carbonyl (C=O) groups is 1. The molecule has 2 rings (SSSR count). The molecule has 0 unspecified atom stereocenters. The van der Waals surface area contributed by atoms with E-state index < -0.39 is 15.9 Å². The molecule has 1 amide bonds. The number of carbonyl (C=O) groups excluding carboxylic acids is 1. The average Bonchev–Trinajstić information content (AvgIpc) is 2.86. The number of amides is 1. The van der Waals surface area contributed by atoms with Crippen LogP contribution in [0, 0.1) is 0 Å². The summed E-state index contributed by atoms with van der Waals surface area (Å²) < 4.78 is 30.9. The summed E-state index contributed by atoms with van der Waals surface area (Å²) in [7, 11) is -0.781. The van der Waals surface area contributed by atoms with Crippen molar-refractivity contribution in [1.82, 2.24) is 4.31 Å². The van der Waals surface area contributed by atoms with Gasteiger partial charge in [-0.1, -0.05) is 12.1 Å². The van der Waals surface area contributed by atoms with Gasteiger partial charge in [0.25, 0.3) is 5.91 Å². The van der Waals surface area contributed by atoms with Crippen molar-refractivity contribution in [1.29, 1.82) is 0 Å². The van der Waals surface area contributed by atoms with E-state index in [0.29, 0.717) is 10.2 Å². The second-order valence-electron chi connectivity index (χ2n) is 4.38. The highest BCUT2D eigenvalue weighted by Gasteiger charge is 2.22. The smallest absolute Gasteiger partial charge is 0.258 e. The number of nitrogens with one attached hydrogen (secondary N) is 1. The number of benzene rings is 1. The average molecular weight is 373 g/mol. The quantitative estimate of drug-likeness (QED) is 0.893. The van der Waals surface area contributed by atoms with Crippen molar-refractivity contribution >= 4 is 37.5 Å². The highest BCUT2D eigenvalue weighted by molar-refractivity contribution is 9.10. The molecule has 0 aliphatic rings. The van der Waals surface area contributed by atoms with Gasteiger partial charge in [0.15, 0.2) is 4.67 Å². The van der Waals surface area contributed by atoms with Crippen molar-refractivity contribution < 1.29 is 17.6 Å². The highest BCUT2D eigenvalue weighted by Crippen LogP contribution is 2.24. The van der Waals surface area contributed by atoms with Crippen LogP contribution in [0.15, 0.2) is 50.6 Å². The van der Waals surface area contributed by atoms with E-state index in [4.69, 9.17) is 4.42 Å². The van der Waals surface area contributed by atoms with Gasteiger partial charge in [-0.2, -0.15) is 0 Å². The second-order valence-corrected chi connectivity index (χ2v) is 7.28. The third kappa shape index (κ3) is 3.34. The lowest BCUT2D eigenvalue weighted by Crippen LogP contribution is -2.24. The topological polar surface area (TPSA) is 79.6 Å². The molecule has 0 aliphatic heterocycles. The molecule has 2 aromatic rings. The minimum absolute atomic E-state index is 0.0333. The van der Waals surface area contributed by atoms with Crippen LogP contribution in [-0.2, 0) is 10.0 Å². The van der Waals surface area contributed by atoms with Gasteiger partial charge in [-0.15, -0.1) is 0 Å². The Morgan fingerprint density at radius 3 is 2.52 bits per heavy atom. The Morgan fingerprint density at radius 1 is 1.29 bits per heavy atom. The summed E-state index contributed by atoms with van der Waals surface area (Å²) in [4.78, 5) is 12.1. The fraction of sp³-hybridized carbons (Fsp3) is 0.154. The largest absolute Gasteiger partial charge is 0.457 e. The first-order valence-electron chi connectivity index (χ1n) is 5.89. The first kappa shape index (κ1) is 15.7. The zero-order valence-corrected chi connectivity index (χ0v) is 13.7. The number of para-hydroxylation sites is 1. The van der Waals surface area contributed by atoms with Crippen LogP contribution in [0.4, 0.5) is 5.69 Å². The number of anilines is 1. The lowest BCUT2D eigenvalue weighted by Gasteiger charge is -2.15. The maximum atomic E-state index is 12.2. The van der Waals surface area contributed by atoms with Gasteiger partial charge in [-0.25, -0.2) is 12.7 Å². The molecule has 0 saturated carbocycles. The summed E-state index contributed by atoms with van der Waals surface area (Å²) >= 11 is 3.10. The van der Waals surface area contributed by atoms with Gasteiger partial charge in [-0.3, -0.25) is 4.79 Å². The van der Waals surface area contributed by atoms with Gasteiger partial charge in [0.05, 0.1) is 11.3 Å². The molecule has 1 heterocycles. The van der Waals surface area contributed by atoms with Crippen molar-refractivity contribution in [3.8, 4) is 0 Å². The third-order valence-electron chi connectivity index (χ3n) is 2.72. The minimum atomic E-state index is -3.64. The summed E-state index contributed by atoms with van der Waals surface area (Å²) in [6, 6.07) is 7.72. The maximum absolute atomic E-state index is 12.2. The molecule has 6 nitrogen and oxygen atoms in total. The van der Waals surface area contributed by atoms with Crippen molar-refractivity contribution in [2.45, 2.75) is 4.90 Å². The van der Waals surface area contributed by atoms with Crippen molar-refractivity contribution in [3.63, 3.8) is 0 Å². The summed E-state index contributed by atoms with van der Waals surface area (Å²) in [5, 5.41) is 2.58. The van der Waals surface area contributed by atoms with Crippen LogP contribution >= 0.6 is 15.9 Å². The number of rotatable bonds is 4. The maximum Gasteiger partial charge on any atom is 0.258 e. The van der Waals surface area contributed by atoms with Crippen LogP contribution in [-0.4, -0.2) is 32.7 Å². The molecule has 1 N–H and O–H groups in total. The molecular weight excluding hydrogens is 360 g/mol. The number of halogens is 1. The Morgan fingerprint density at radius 2 is 1.95 bits per heavy atom. The SMILES string of the molecule is CN(C)S(=O)(=O)c1ccccc1NC(=O)c1coc(Br)c1. The molecular formula is C13H13BrN2O4S. The Kier molecular flexibility index (Phi) is 4.50. The number of sulfonamides is 1. The predicted molar refractivity (Wildman–Crippen MR) is 81.7 cm³/mol. The fourth-order valence-electron chi connectivity index (χ4n) is 1.62. The second kappa shape index (κ2) is 6.00. The number of hydrogen-bond donors (Lipinski definition) is 1. The van der Waals surface area contributed by atoms with Gasteiger partial charge >= 0.3 is 0 Å². The van der Waals surface area contributed by atoms with Crippen molar-refractivity contribution in [2.24, 2.45) is 0 Å². The molecule has 1 aromatic carbocycles. The lowest BCUT2D eigenvalue weighted by atomic mass is 10.3. The van der Waals surface area contributed by atoms with E-state index in [1.165, 1.54) is 38.6 Å². The standard InChI is InChI=1S/C13H13BrN2O4S/c1-16(2)21(18,19)11-6-4-3-5-10(11)15-13(17)9-7-12(14)20-8-9/h3-8H,1-2H3,(H,15,17). The van der Waals surface area contributed by atoms with Crippen LogP contribution in [0.25, 0.3) is 0 Å². The monoisotopic (exact) mass is 372 g/mol. The summed E-state index contributed by atoms with van der Waals surface area (Å²) in [5.41, 5.74) is 0.507. The molecule has 0 spiro atoms. The number of furan rings is 1. The Bertz CT molecular complexity index is 768. The van der Waals surface area contributed by atoms with E-state index in [-0.39, 0.29) is 10.6 Å². The zero-order chi connectivity index (χ0) is 15.6. The summed E-state index contributed by atoms with van der Waals surface area (Å²) in [6.07, 6.45) is 1.28. The van der Waals surface area contributed by atoms with Gasteiger partial charge in [0.2, 0.25) is 10.0 Å². The van der Waals surface area contributed by atoms with Crippen LogP contribution in [0.1, 0.15) is 10.4 Å². The molecule has 1 aromatic heterocycles. The molecule has 0 bridgehead atoms. The van der Waals surface area contributed by atoms with E-state index in [1.54, 1.807) is 12.1 Å². The van der Waals surface area contributed by atoms with Gasteiger partial charge < -0.3 is 9.73 Å². The van der Waals surface area contributed by atoms with Gasteiger partial charge in [0, 0.05) is 20.2 Å². The van der Waals surface area contributed by atoms with E-state index >= 15 is 0 Å². The van der Waals surface area contributed by atoms with Crippen molar-refractivity contribution in [3.05, 3.63) is 46.8 Å². The van der Waals surface area contributed by atoms with E-state index in [9.17, 15) is 13.2 Å². The molecule has 0 radical (unpaired) electrons. The first-order valence-corrected chi connectivity index (χ1v) is 8.12. The summed E-state index contributed by atoms with van der Waals surface area (Å²) in [6.45, 7) is 0. The van der Waals surface area contributed by atoms with E-state index in [0.717, 1.165) is 4.31 Å². The Balaban J connectivity index is 2.36. The Hall–Kier alpha value is -1.64. The van der Waals surface area contributed by atoms with Gasteiger partial charge in [0.1, 0.15) is 11.2 Å². The van der Waals surface area contributed by atoms with E-state index in [2.05, 4.69) is 21.2 Å². The first-order chi connectivity index (χ1) is 9.82. The predicted octanol–water partition coefficient (Wildman–Crippen LogP) is 2.54. The minimum Gasteiger partial charge on any atom is -0.457 e. The zero-order valence-electron chi connectivity index (χ0n) is 11.3. The molecule has 112 valence electrons. The molecule has 8 heteroatoms. The fourth-order valence-corrected chi connectivity index (χ4v) is 3.00. The normalized spacial score (nSPS) is 11.6. The van der Waals surface area contributed by atoms with Crippen LogP contribution < -0.4 is 5.32 Å². The highest BCUT2D eigenvalue weighted by atomic mass is 79.9. The van der Waals surface area contributed by atoms with Crippen LogP contribution in [0.2, 0.25) is 0 Å².